The van der Waals surface area contributed by atoms with E-state index in [0.717, 1.165) is 10.0 Å². The van der Waals surface area contributed by atoms with Crippen molar-refractivity contribution in [2.24, 2.45) is 5.73 Å². The van der Waals surface area contributed by atoms with Crippen molar-refractivity contribution in [3.05, 3.63) is 34.3 Å². The minimum Gasteiger partial charge on any atom is -0.351 e. The van der Waals surface area contributed by atoms with Gasteiger partial charge in [0.1, 0.15) is 0 Å². The second-order valence-electron chi connectivity index (χ2n) is 5.46. The van der Waals surface area contributed by atoms with E-state index in [-0.39, 0.29) is 17.4 Å². The maximum Gasteiger partial charge on any atom is 0.221 e. The van der Waals surface area contributed by atoms with Crippen LogP contribution in [0.3, 0.4) is 0 Å². The number of nitrogens with one attached hydrogen (secondary N) is 1. The van der Waals surface area contributed by atoms with Crippen molar-refractivity contribution in [2.75, 3.05) is 6.54 Å². The molecule has 18 heavy (non-hydrogen) atoms. The van der Waals surface area contributed by atoms with Crippen LogP contribution in [0.1, 0.15) is 38.7 Å². The molecule has 1 aromatic carbocycles. The molecular weight excluding hydrogens is 292 g/mol. The van der Waals surface area contributed by atoms with Crippen LogP contribution in [0.25, 0.3) is 0 Å². The third kappa shape index (κ3) is 4.78. The van der Waals surface area contributed by atoms with Crippen LogP contribution in [0, 0.1) is 0 Å². The number of halogens is 1. The van der Waals surface area contributed by atoms with Crippen LogP contribution in [0.5, 0.6) is 0 Å². The molecule has 0 heterocycles. The molecule has 1 rings (SSSR count). The van der Waals surface area contributed by atoms with Crippen molar-refractivity contribution in [1.29, 1.82) is 0 Å². The summed E-state index contributed by atoms with van der Waals surface area (Å²) in [5.74, 6) is 0.0802. The van der Waals surface area contributed by atoms with Crippen LogP contribution < -0.4 is 11.1 Å². The molecule has 0 aliphatic carbocycles. The molecule has 0 aromatic heterocycles. The molecule has 1 unspecified atom stereocenters. The van der Waals surface area contributed by atoms with Crippen molar-refractivity contribution in [3.8, 4) is 0 Å². The van der Waals surface area contributed by atoms with Crippen molar-refractivity contribution in [2.45, 2.75) is 38.6 Å². The van der Waals surface area contributed by atoms with Gasteiger partial charge in [-0.25, -0.2) is 0 Å². The molecule has 3 nitrogen and oxygen atoms in total. The SMILES string of the molecule is CC(C)(C)NC(=O)CC(CN)c1ccccc1Br. The molecule has 1 amide bonds. The molecule has 0 fully saturated rings. The standard InChI is InChI=1S/C14H21BrN2O/c1-14(2,3)17-13(18)8-10(9-16)11-6-4-5-7-12(11)15/h4-7,10H,8-9,16H2,1-3H3,(H,17,18). The highest BCUT2D eigenvalue weighted by atomic mass is 79.9. The summed E-state index contributed by atoms with van der Waals surface area (Å²) in [5, 5.41) is 2.96. The predicted molar refractivity (Wildman–Crippen MR) is 78.5 cm³/mol. The Kier molecular flexibility index (Phi) is 5.35. The number of hydrogen-bond donors (Lipinski definition) is 2. The highest BCUT2D eigenvalue weighted by Gasteiger charge is 2.20. The molecule has 0 aliphatic heterocycles. The van der Waals surface area contributed by atoms with Crippen LogP contribution in [0.2, 0.25) is 0 Å². The van der Waals surface area contributed by atoms with Crippen LogP contribution in [-0.2, 0) is 4.79 Å². The zero-order valence-electron chi connectivity index (χ0n) is 11.2. The lowest BCUT2D eigenvalue weighted by atomic mass is 9.95. The van der Waals surface area contributed by atoms with E-state index in [4.69, 9.17) is 5.73 Å². The van der Waals surface area contributed by atoms with Gasteiger partial charge in [-0.15, -0.1) is 0 Å². The van der Waals surface area contributed by atoms with Crippen molar-refractivity contribution >= 4 is 21.8 Å². The van der Waals surface area contributed by atoms with Crippen LogP contribution in [0.4, 0.5) is 0 Å². The zero-order valence-corrected chi connectivity index (χ0v) is 12.8. The van der Waals surface area contributed by atoms with Gasteiger partial charge in [0, 0.05) is 22.4 Å². The maximum absolute atomic E-state index is 11.9. The Morgan fingerprint density at radius 1 is 1.39 bits per heavy atom. The Hall–Kier alpha value is -0.870. The van der Waals surface area contributed by atoms with Gasteiger partial charge in [-0.05, 0) is 38.9 Å². The fourth-order valence-corrected chi connectivity index (χ4v) is 2.43. The second kappa shape index (κ2) is 6.34. The summed E-state index contributed by atoms with van der Waals surface area (Å²) in [7, 11) is 0. The molecule has 1 atom stereocenters. The molecule has 0 saturated carbocycles. The van der Waals surface area contributed by atoms with Gasteiger partial charge >= 0.3 is 0 Å². The van der Waals surface area contributed by atoms with Crippen LogP contribution in [-0.4, -0.2) is 18.0 Å². The van der Waals surface area contributed by atoms with E-state index >= 15 is 0 Å². The Balaban J connectivity index is 2.74. The normalized spacial score (nSPS) is 13.2. The quantitative estimate of drug-likeness (QED) is 0.898. The van der Waals surface area contributed by atoms with Crippen molar-refractivity contribution in [3.63, 3.8) is 0 Å². The molecular formula is C14H21BrN2O. The van der Waals surface area contributed by atoms with Gasteiger partial charge in [-0.1, -0.05) is 34.1 Å². The van der Waals surface area contributed by atoms with E-state index in [1.165, 1.54) is 0 Å². The van der Waals surface area contributed by atoms with Crippen molar-refractivity contribution in [1.82, 2.24) is 5.32 Å². The monoisotopic (exact) mass is 312 g/mol. The average Bonchev–Trinajstić information content (AvgIpc) is 2.24. The van der Waals surface area contributed by atoms with E-state index in [0.29, 0.717) is 13.0 Å². The largest absolute Gasteiger partial charge is 0.351 e. The summed E-state index contributed by atoms with van der Waals surface area (Å²) in [6, 6.07) is 7.90. The maximum atomic E-state index is 11.9. The van der Waals surface area contributed by atoms with Crippen molar-refractivity contribution < 1.29 is 4.79 Å². The first-order chi connectivity index (χ1) is 8.33. The highest BCUT2D eigenvalue weighted by Crippen LogP contribution is 2.26. The summed E-state index contributed by atoms with van der Waals surface area (Å²) in [4.78, 5) is 11.9. The van der Waals surface area contributed by atoms with Gasteiger partial charge in [0.2, 0.25) is 5.91 Å². The topological polar surface area (TPSA) is 55.1 Å². The first-order valence-corrected chi connectivity index (χ1v) is 6.88. The summed E-state index contributed by atoms with van der Waals surface area (Å²) in [5.41, 5.74) is 6.67. The first-order valence-electron chi connectivity index (χ1n) is 6.09. The third-order valence-corrected chi connectivity index (χ3v) is 3.30. The molecule has 4 heteroatoms. The highest BCUT2D eigenvalue weighted by molar-refractivity contribution is 9.10. The number of amides is 1. The molecule has 100 valence electrons. The average molecular weight is 313 g/mol. The Labute approximate surface area is 117 Å². The van der Waals surface area contributed by atoms with Crippen LogP contribution >= 0.6 is 15.9 Å². The fourth-order valence-electron chi connectivity index (χ4n) is 1.82. The summed E-state index contributed by atoms with van der Waals surface area (Å²) in [6.45, 7) is 6.38. The molecule has 0 spiro atoms. The van der Waals surface area contributed by atoms with E-state index in [1.807, 2.05) is 45.0 Å². The minimum absolute atomic E-state index is 0.0358. The number of rotatable bonds is 4. The van der Waals surface area contributed by atoms with Gasteiger partial charge in [0.25, 0.3) is 0 Å². The smallest absolute Gasteiger partial charge is 0.221 e. The molecule has 1 aromatic rings. The van der Waals surface area contributed by atoms with Gasteiger partial charge < -0.3 is 11.1 Å². The second-order valence-corrected chi connectivity index (χ2v) is 6.31. The first kappa shape index (κ1) is 15.2. The summed E-state index contributed by atoms with van der Waals surface area (Å²) >= 11 is 3.50. The molecule has 3 N–H and O–H groups in total. The number of nitrogens with two attached hydrogens (primary N) is 1. The summed E-state index contributed by atoms with van der Waals surface area (Å²) in [6.07, 6.45) is 0.413. The Bertz CT molecular complexity index is 413. The van der Waals surface area contributed by atoms with E-state index < -0.39 is 0 Å². The lowest BCUT2D eigenvalue weighted by Crippen LogP contribution is -2.41. The summed E-state index contributed by atoms with van der Waals surface area (Å²) < 4.78 is 1.00. The molecule has 0 radical (unpaired) electrons. The van der Waals surface area contributed by atoms with Crippen LogP contribution in [0.15, 0.2) is 28.7 Å². The lowest BCUT2D eigenvalue weighted by molar-refractivity contribution is -0.122. The van der Waals surface area contributed by atoms with Gasteiger partial charge in [0.15, 0.2) is 0 Å². The Morgan fingerprint density at radius 2 is 2.00 bits per heavy atom. The minimum atomic E-state index is -0.204. The lowest BCUT2D eigenvalue weighted by Gasteiger charge is -2.23. The van der Waals surface area contributed by atoms with E-state index in [2.05, 4.69) is 21.2 Å². The fraction of sp³-hybridized carbons (Fsp3) is 0.500. The third-order valence-electron chi connectivity index (χ3n) is 2.58. The number of carbonyl (C=O) groups excluding carboxylic acids is 1. The zero-order chi connectivity index (χ0) is 13.8. The van der Waals surface area contributed by atoms with Gasteiger partial charge in [-0.3, -0.25) is 4.79 Å². The molecule has 0 bridgehead atoms. The number of hydrogen-bond acceptors (Lipinski definition) is 2. The van der Waals surface area contributed by atoms with E-state index in [9.17, 15) is 4.79 Å². The number of carbonyl (C=O) groups is 1. The molecule has 0 aliphatic rings. The van der Waals surface area contributed by atoms with E-state index in [1.54, 1.807) is 0 Å². The Morgan fingerprint density at radius 3 is 2.50 bits per heavy atom. The van der Waals surface area contributed by atoms with Gasteiger partial charge in [-0.2, -0.15) is 0 Å². The number of benzene rings is 1. The molecule has 0 saturated heterocycles. The predicted octanol–water partition coefficient (Wildman–Crippen LogP) is 2.80. The van der Waals surface area contributed by atoms with Gasteiger partial charge in [0.05, 0.1) is 0 Å².